The van der Waals surface area contributed by atoms with Crippen LogP contribution in [0.25, 0.3) is 21.3 Å². The summed E-state index contributed by atoms with van der Waals surface area (Å²) in [5, 5.41) is 4.05. The predicted octanol–water partition coefficient (Wildman–Crippen LogP) is 3.65. The highest BCUT2D eigenvalue weighted by atomic mass is 35.5. The van der Waals surface area contributed by atoms with Gasteiger partial charge in [0, 0.05) is 21.5 Å². The Hall–Kier alpha value is -2.87. The number of halogens is 1. The highest BCUT2D eigenvalue weighted by Crippen LogP contribution is 2.38. The van der Waals surface area contributed by atoms with Crippen LogP contribution in [0.15, 0.2) is 54.2 Å². The number of nitrogens with zero attached hydrogens (tertiary/aromatic N) is 3. The van der Waals surface area contributed by atoms with E-state index in [0.717, 1.165) is 70.8 Å². The van der Waals surface area contributed by atoms with Crippen molar-refractivity contribution in [1.29, 1.82) is 0 Å². The molecule has 0 amide bonds. The average molecular weight is 466 g/mol. The Bertz CT molecular complexity index is 1270. The number of anilines is 1. The topological polar surface area (TPSA) is 51.9 Å². The van der Waals surface area contributed by atoms with Crippen LogP contribution < -0.4 is 19.3 Å². The standard InChI is InChI=1S/C24H21ClN4O2S/c25-18-4-2-17(3-5-18)19-13-32-24-22(19)23(26-14-27-24)29-9-7-28(8-10-29)12-16-1-6-20-21(11-16)31-15-30-20/h1-6,11,13-14H,7-10,12,15H2/p+1. The molecule has 1 N–H and O–H groups in total. The second kappa shape index (κ2) is 8.24. The first-order chi connectivity index (χ1) is 15.7. The third-order valence-electron chi connectivity index (χ3n) is 6.17. The van der Waals surface area contributed by atoms with Crippen LogP contribution >= 0.6 is 22.9 Å². The Morgan fingerprint density at radius 1 is 1.00 bits per heavy atom. The molecule has 0 bridgehead atoms. The average Bonchev–Trinajstić information content (AvgIpc) is 3.47. The SMILES string of the molecule is Clc1ccc(-c2csc3ncnc(N4CC[NH+](Cc5ccc6c(c5)OCO6)CC4)c23)cc1. The molecule has 2 aliphatic rings. The first-order valence-electron chi connectivity index (χ1n) is 10.7. The second-order valence-corrected chi connectivity index (χ2v) is 9.43. The fourth-order valence-corrected chi connectivity index (χ4v) is 5.53. The van der Waals surface area contributed by atoms with Crippen molar-refractivity contribution in [2.75, 3.05) is 37.9 Å². The predicted molar refractivity (Wildman–Crippen MR) is 127 cm³/mol. The summed E-state index contributed by atoms with van der Waals surface area (Å²) < 4.78 is 11.0. The number of thiophene rings is 1. The van der Waals surface area contributed by atoms with Gasteiger partial charge in [0.1, 0.15) is 23.5 Å². The van der Waals surface area contributed by atoms with Crippen LogP contribution in [0.2, 0.25) is 5.02 Å². The van der Waals surface area contributed by atoms with E-state index in [1.54, 1.807) is 22.6 Å². The Kier molecular flexibility index (Phi) is 5.09. The van der Waals surface area contributed by atoms with Crippen molar-refractivity contribution in [3.05, 3.63) is 64.8 Å². The second-order valence-electron chi connectivity index (χ2n) is 8.14. The normalized spacial score (nSPS) is 16.1. The summed E-state index contributed by atoms with van der Waals surface area (Å²) in [5.41, 5.74) is 3.60. The third kappa shape index (κ3) is 3.66. The Morgan fingerprint density at radius 2 is 1.81 bits per heavy atom. The first kappa shape index (κ1) is 19.8. The highest BCUT2D eigenvalue weighted by molar-refractivity contribution is 7.17. The smallest absolute Gasteiger partial charge is 0.231 e. The summed E-state index contributed by atoms with van der Waals surface area (Å²) in [6.45, 7) is 5.33. The quantitative estimate of drug-likeness (QED) is 0.498. The molecule has 2 aliphatic heterocycles. The maximum absolute atomic E-state index is 6.10. The minimum absolute atomic E-state index is 0.318. The fourth-order valence-electron chi connectivity index (χ4n) is 4.49. The van der Waals surface area contributed by atoms with E-state index in [2.05, 4.69) is 39.5 Å². The van der Waals surface area contributed by atoms with Crippen molar-refractivity contribution in [3.63, 3.8) is 0 Å². The number of hydrogen-bond donors (Lipinski definition) is 1. The van der Waals surface area contributed by atoms with Crippen LogP contribution in [0.1, 0.15) is 5.56 Å². The van der Waals surface area contributed by atoms with Gasteiger partial charge in [-0.05, 0) is 35.9 Å². The van der Waals surface area contributed by atoms with E-state index in [4.69, 9.17) is 26.1 Å². The fraction of sp³-hybridized carbons (Fsp3) is 0.250. The van der Waals surface area contributed by atoms with Crippen LogP contribution in [0, 0.1) is 0 Å². The van der Waals surface area contributed by atoms with E-state index < -0.39 is 0 Å². The van der Waals surface area contributed by atoms with Crippen LogP contribution in [-0.4, -0.2) is 42.9 Å². The van der Waals surface area contributed by atoms with E-state index in [1.165, 1.54) is 11.1 Å². The van der Waals surface area contributed by atoms with Gasteiger partial charge in [-0.25, -0.2) is 9.97 Å². The minimum atomic E-state index is 0.318. The number of piperazine rings is 1. The van der Waals surface area contributed by atoms with Crippen molar-refractivity contribution in [2.24, 2.45) is 0 Å². The lowest BCUT2D eigenvalue weighted by Gasteiger charge is -2.33. The highest BCUT2D eigenvalue weighted by Gasteiger charge is 2.25. The Morgan fingerprint density at radius 3 is 2.66 bits per heavy atom. The molecule has 0 saturated carbocycles. The number of benzene rings is 2. The van der Waals surface area contributed by atoms with Gasteiger partial charge in [-0.3, -0.25) is 0 Å². The Balaban J connectivity index is 1.21. The molecule has 0 unspecified atom stereocenters. The molecule has 0 radical (unpaired) electrons. The van der Waals surface area contributed by atoms with Gasteiger partial charge in [-0.15, -0.1) is 11.3 Å². The van der Waals surface area contributed by atoms with Gasteiger partial charge >= 0.3 is 0 Å². The maximum Gasteiger partial charge on any atom is 0.231 e. The zero-order chi connectivity index (χ0) is 21.5. The number of hydrogen-bond acceptors (Lipinski definition) is 6. The van der Waals surface area contributed by atoms with E-state index in [1.807, 2.05) is 18.2 Å². The molecule has 4 heterocycles. The molecule has 1 fully saturated rings. The number of rotatable bonds is 4. The molecule has 0 spiro atoms. The van der Waals surface area contributed by atoms with E-state index in [-0.39, 0.29) is 0 Å². The van der Waals surface area contributed by atoms with Crippen molar-refractivity contribution in [1.82, 2.24) is 9.97 Å². The molecule has 32 heavy (non-hydrogen) atoms. The van der Waals surface area contributed by atoms with Crippen LogP contribution in [0.5, 0.6) is 11.5 Å². The first-order valence-corrected chi connectivity index (χ1v) is 12.0. The number of nitrogens with one attached hydrogen (secondary N) is 1. The molecule has 2 aromatic carbocycles. The molecule has 1 saturated heterocycles. The summed E-state index contributed by atoms with van der Waals surface area (Å²) in [6.07, 6.45) is 1.69. The van der Waals surface area contributed by atoms with Crippen LogP contribution in [0.3, 0.4) is 0 Å². The summed E-state index contributed by atoms with van der Waals surface area (Å²) in [4.78, 5) is 14.2. The zero-order valence-corrected chi connectivity index (χ0v) is 19.0. The Labute approximate surface area is 195 Å². The van der Waals surface area contributed by atoms with Gasteiger partial charge in [-0.2, -0.15) is 0 Å². The molecule has 0 aliphatic carbocycles. The van der Waals surface area contributed by atoms with Crippen molar-refractivity contribution < 1.29 is 14.4 Å². The summed E-state index contributed by atoms with van der Waals surface area (Å²) >= 11 is 7.76. The molecule has 162 valence electrons. The van der Waals surface area contributed by atoms with Gasteiger partial charge in [0.25, 0.3) is 0 Å². The number of aromatic nitrogens is 2. The molecule has 4 aromatic rings. The largest absolute Gasteiger partial charge is 0.454 e. The monoisotopic (exact) mass is 465 g/mol. The van der Waals surface area contributed by atoms with Crippen molar-refractivity contribution in [2.45, 2.75) is 6.54 Å². The minimum Gasteiger partial charge on any atom is -0.454 e. The lowest BCUT2D eigenvalue weighted by Crippen LogP contribution is -3.13. The lowest BCUT2D eigenvalue weighted by molar-refractivity contribution is -0.914. The van der Waals surface area contributed by atoms with E-state index in [9.17, 15) is 0 Å². The van der Waals surface area contributed by atoms with E-state index in [0.29, 0.717) is 6.79 Å². The zero-order valence-electron chi connectivity index (χ0n) is 17.4. The van der Waals surface area contributed by atoms with Crippen molar-refractivity contribution in [3.8, 4) is 22.6 Å². The van der Waals surface area contributed by atoms with Gasteiger partial charge in [0.05, 0.1) is 31.6 Å². The van der Waals surface area contributed by atoms with E-state index >= 15 is 0 Å². The van der Waals surface area contributed by atoms with Gasteiger partial charge in [0.2, 0.25) is 6.79 Å². The molecule has 0 atom stereocenters. The maximum atomic E-state index is 6.10. The molecule has 6 rings (SSSR count). The summed E-state index contributed by atoms with van der Waals surface area (Å²) in [7, 11) is 0. The molecule has 8 heteroatoms. The molecular weight excluding hydrogens is 444 g/mol. The van der Waals surface area contributed by atoms with Crippen molar-refractivity contribution >= 4 is 39.0 Å². The molecular formula is C24H22ClN4O2S+. The number of ether oxygens (including phenoxy) is 2. The molecule has 6 nitrogen and oxygen atoms in total. The third-order valence-corrected chi connectivity index (χ3v) is 7.30. The number of fused-ring (bicyclic) bond motifs is 2. The lowest BCUT2D eigenvalue weighted by atomic mass is 10.1. The summed E-state index contributed by atoms with van der Waals surface area (Å²) in [5.74, 6) is 2.73. The van der Waals surface area contributed by atoms with Crippen LogP contribution in [-0.2, 0) is 6.54 Å². The van der Waals surface area contributed by atoms with Gasteiger partial charge in [-0.1, -0.05) is 23.7 Å². The summed E-state index contributed by atoms with van der Waals surface area (Å²) in [6, 6.07) is 14.3. The van der Waals surface area contributed by atoms with Gasteiger partial charge in [0.15, 0.2) is 11.5 Å². The van der Waals surface area contributed by atoms with Gasteiger partial charge < -0.3 is 19.3 Å². The van der Waals surface area contributed by atoms with Crippen LogP contribution in [0.4, 0.5) is 5.82 Å². The molecule has 2 aromatic heterocycles. The number of quaternary nitrogens is 1.